The van der Waals surface area contributed by atoms with Crippen LogP contribution in [0.4, 0.5) is 0 Å². The van der Waals surface area contributed by atoms with E-state index in [1.807, 2.05) is 30.3 Å². The zero-order valence-corrected chi connectivity index (χ0v) is 8.44. The van der Waals surface area contributed by atoms with Gasteiger partial charge in [-0.25, -0.2) is 0 Å². The van der Waals surface area contributed by atoms with Crippen LogP contribution in [0.15, 0.2) is 54.1 Å². The van der Waals surface area contributed by atoms with E-state index in [1.165, 1.54) is 6.08 Å². The van der Waals surface area contributed by atoms with Gasteiger partial charge in [0.25, 0.3) is 0 Å². The molecule has 0 saturated heterocycles. The lowest BCUT2D eigenvalue weighted by Crippen LogP contribution is -2.15. The average Bonchev–Trinajstić information content (AvgIpc) is 2.32. The van der Waals surface area contributed by atoms with Crippen LogP contribution < -0.4 is 0 Å². The van der Waals surface area contributed by atoms with Gasteiger partial charge in [-0.05, 0) is 24.3 Å². The maximum atomic E-state index is 11.4. The summed E-state index contributed by atoms with van der Waals surface area (Å²) in [7, 11) is 0. The average molecular weight is 208 g/mol. The molecular formula is C14H8O2. The van der Waals surface area contributed by atoms with E-state index in [0.717, 1.165) is 5.56 Å². The van der Waals surface area contributed by atoms with Gasteiger partial charge in [0.1, 0.15) is 0 Å². The molecule has 1 aliphatic rings. The van der Waals surface area contributed by atoms with Crippen LogP contribution in [0, 0.1) is 11.8 Å². The molecule has 0 fully saturated rings. The van der Waals surface area contributed by atoms with Gasteiger partial charge in [-0.2, -0.15) is 0 Å². The first kappa shape index (κ1) is 10.1. The highest BCUT2D eigenvalue weighted by molar-refractivity contribution is 6.49. The van der Waals surface area contributed by atoms with Gasteiger partial charge in [0.05, 0.1) is 5.57 Å². The molecule has 76 valence electrons. The van der Waals surface area contributed by atoms with Crippen molar-refractivity contribution in [2.45, 2.75) is 0 Å². The van der Waals surface area contributed by atoms with Gasteiger partial charge in [0.2, 0.25) is 11.6 Å². The lowest BCUT2D eigenvalue weighted by Gasteiger charge is -1.98. The first-order valence-corrected chi connectivity index (χ1v) is 4.81. The van der Waals surface area contributed by atoms with E-state index in [2.05, 4.69) is 11.8 Å². The number of carbonyl (C=O) groups is 2. The standard InChI is InChI=1S/C14H8O2/c15-13-8-4-7-12(14(13)16)10-9-11-5-2-1-3-6-11/h1-8H. The first-order valence-electron chi connectivity index (χ1n) is 4.81. The molecule has 16 heavy (non-hydrogen) atoms. The number of carbonyl (C=O) groups excluding carboxylic acids is 2. The van der Waals surface area contributed by atoms with Crippen LogP contribution in [-0.2, 0) is 9.59 Å². The van der Waals surface area contributed by atoms with Crippen molar-refractivity contribution in [3.8, 4) is 11.8 Å². The molecule has 0 unspecified atom stereocenters. The number of benzene rings is 1. The highest BCUT2D eigenvalue weighted by atomic mass is 16.2. The number of ketones is 2. The highest BCUT2D eigenvalue weighted by Gasteiger charge is 2.16. The van der Waals surface area contributed by atoms with Crippen LogP contribution in [0.5, 0.6) is 0 Å². The van der Waals surface area contributed by atoms with Gasteiger partial charge < -0.3 is 0 Å². The molecule has 0 saturated carbocycles. The first-order chi connectivity index (χ1) is 7.77. The number of allylic oxidation sites excluding steroid dienone is 4. The van der Waals surface area contributed by atoms with Crippen molar-refractivity contribution in [3.05, 3.63) is 59.7 Å². The van der Waals surface area contributed by atoms with E-state index < -0.39 is 11.6 Å². The van der Waals surface area contributed by atoms with Gasteiger partial charge in [-0.15, -0.1) is 0 Å². The minimum absolute atomic E-state index is 0.247. The highest BCUT2D eigenvalue weighted by Crippen LogP contribution is 2.04. The van der Waals surface area contributed by atoms with Crippen molar-refractivity contribution in [1.82, 2.24) is 0 Å². The summed E-state index contributed by atoms with van der Waals surface area (Å²) in [5.41, 5.74) is 1.06. The van der Waals surface area contributed by atoms with Gasteiger partial charge in [0.15, 0.2) is 0 Å². The predicted molar refractivity (Wildman–Crippen MR) is 60.6 cm³/mol. The Morgan fingerprint density at radius 1 is 0.938 bits per heavy atom. The van der Waals surface area contributed by atoms with Gasteiger partial charge in [0, 0.05) is 5.56 Å². The van der Waals surface area contributed by atoms with Crippen molar-refractivity contribution in [2.75, 3.05) is 0 Å². The van der Waals surface area contributed by atoms with Crippen LogP contribution in [0.2, 0.25) is 0 Å². The summed E-state index contributed by atoms with van der Waals surface area (Å²) in [5.74, 6) is 4.50. The molecule has 0 N–H and O–H groups in total. The molecular weight excluding hydrogens is 200 g/mol. The second kappa shape index (κ2) is 4.41. The molecule has 0 aromatic heterocycles. The third-order valence-corrected chi connectivity index (χ3v) is 2.09. The van der Waals surface area contributed by atoms with Crippen LogP contribution in [0.1, 0.15) is 5.56 Å². The van der Waals surface area contributed by atoms with Crippen molar-refractivity contribution < 1.29 is 9.59 Å². The fourth-order valence-corrected chi connectivity index (χ4v) is 1.28. The molecule has 2 nitrogen and oxygen atoms in total. The molecule has 0 heterocycles. The normalized spacial score (nSPS) is 14.1. The molecule has 0 radical (unpaired) electrons. The van der Waals surface area contributed by atoms with E-state index in [1.54, 1.807) is 12.2 Å². The maximum Gasteiger partial charge on any atom is 0.241 e. The summed E-state index contributed by atoms with van der Waals surface area (Å²) in [6, 6.07) is 9.32. The van der Waals surface area contributed by atoms with Gasteiger partial charge >= 0.3 is 0 Å². The second-order valence-electron chi connectivity index (χ2n) is 3.25. The summed E-state index contributed by atoms with van der Waals surface area (Å²) in [5, 5.41) is 0. The van der Waals surface area contributed by atoms with Crippen LogP contribution >= 0.6 is 0 Å². The molecule has 0 spiro atoms. The molecule has 0 aliphatic heterocycles. The Balaban J connectivity index is 2.27. The molecule has 0 bridgehead atoms. The molecule has 2 heteroatoms. The third kappa shape index (κ3) is 2.15. The van der Waals surface area contributed by atoms with Crippen molar-refractivity contribution >= 4 is 11.6 Å². The summed E-state index contributed by atoms with van der Waals surface area (Å²) in [6.07, 6.45) is 4.34. The molecule has 1 aromatic carbocycles. The van der Waals surface area contributed by atoms with Gasteiger partial charge in [-0.3, -0.25) is 9.59 Å². The minimum Gasteiger partial charge on any atom is -0.286 e. The van der Waals surface area contributed by atoms with E-state index in [4.69, 9.17) is 0 Å². The quantitative estimate of drug-likeness (QED) is 0.369. The second-order valence-corrected chi connectivity index (χ2v) is 3.25. The SMILES string of the molecule is O=C1C=CC=C(C#Cc2ccccc2)C1=O. The number of Topliss-reactive ketones (excluding diaryl/α,β-unsaturated/α-hetero) is 1. The Kier molecular flexibility index (Phi) is 2.79. The summed E-state index contributed by atoms with van der Waals surface area (Å²) in [6.45, 7) is 0. The summed E-state index contributed by atoms with van der Waals surface area (Å²) < 4.78 is 0. The van der Waals surface area contributed by atoms with E-state index in [0.29, 0.717) is 0 Å². The zero-order valence-electron chi connectivity index (χ0n) is 8.44. The van der Waals surface area contributed by atoms with Crippen LogP contribution in [0.25, 0.3) is 0 Å². The Labute approximate surface area is 93.3 Å². The molecule has 0 atom stereocenters. The monoisotopic (exact) mass is 208 g/mol. The topological polar surface area (TPSA) is 34.1 Å². The number of rotatable bonds is 0. The van der Waals surface area contributed by atoms with Crippen molar-refractivity contribution in [1.29, 1.82) is 0 Å². The lowest BCUT2D eigenvalue weighted by molar-refractivity contribution is -0.131. The minimum atomic E-state index is -0.536. The Morgan fingerprint density at radius 2 is 1.69 bits per heavy atom. The van der Waals surface area contributed by atoms with E-state index in [-0.39, 0.29) is 5.57 Å². The van der Waals surface area contributed by atoms with Crippen LogP contribution in [0.3, 0.4) is 0 Å². The zero-order chi connectivity index (χ0) is 11.4. The Hall–Kier alpha value is -2.40. The summed E-state index contributed by atoms with van der Waals surface area (Å²) in [4.78, 5) is 22.4. The molecule has 0 amide bonds. The fourth-order valence-electron chi connectivity index (χ4n) is 1.28. The number of hydrogen-bond acceptors (Lipinski definition) is 2. The molecule has 1 aliphatic carbocycles. The molecule has 1 aromatic rings. The van der Waals surface area contributed by atoms with Crippen molar-refractivity contribution in [2.24, 2.45) is 0 Å². The predicted octanol–water partition coefficient (Wildman–Crippen LogP) is 1.67. The lowest BCUT2D eigenvalue weighted by atomic mass is 10.0. The maximum absolute atomic E-state index is 11.4. The number of hydrogen-bond donors (Lipinski definition) is 0. The van der Waals surface area contributed by atoms with Gasteiger partial charge in [-0.1, -0.05) is 36.1 Å². The van der Waals surface area contributed by atoms with Crippen molar-refractivity contribution in [3.63, 3.8) is 0 Å². The van der Waals surface area contributed by atoms with E-state index >= 15 is 0 Å². The van der Waals surface area contributed by atoms with E-state index in [9.17, 15) is 9.59 Å². The fraction of sp³-hybridized carbons (Fsp3) is 0. The van der Waals surface area contributed by atoms with Crippen LogP contribution in [-0.4, -0.2) is 11.6 Å². The third-order valence-electron chi connectivity index (χ3n) is 2.09. The largest absolute Gasteiger partial charge is 0.286 e. The Bertz CT molecular complexity index is 551. The smallest absolute Gasteiger partial charge is 0.241 e. The molecule has 2 rings (SSSR count). The Morgan fingerprint density at radius 3 is 2.44 bits per heavy atom. The summed E-state index contributed by atoms with van der Waals surface area (Å²) >= 11 is 0.